The van der Waals surface area contributed by atoms with Crippen molar-refractivity contribution in [3.63, 3.8) is 0 Å². The first-order chi connectivity index (χ1) is 9.26. The van der Waals surface area contributed by atoms with E-state index in [9.17, 15) is 0 Å². The zero-order valence-electron chi connectivity index (χ0n) is 10.3. The number of hydrogen-bond donors (Lipinski definition) is 2. The molecule has 0 spiro atoms. The largest absolute Gasteiger partial charge is 0.493 e. The van der Waals surface area contributed by atoms with E-state index in [4.69, 9.17) is 15.7 Å². The minimum atomic E-state index is 0.561. The summed E-state index contributed by atoms with van der Waals surface area (Å²) in [5.74, 6) is 0.957. The van der Waals surface area contributed by atoms with Gasteiger partial charge in [0.15, 0.2) is 0 Å². The van der Waals surface area contributed by atoms with Gasteiger partial charge in [-0.15, -0.1) is 0 Å². The molecule has 1 heterocycles. The molecule has 1 aliphatic heterocycles. The lowest BCUT2D eigenvalue weighted by Crippen LogP contribution is -1.97. The van der Waals surface area contributed by atoms with Gasteiger partial charge in [0.05, 0.1) is 29.6 Å². The van der Waals surface area contributed by atoms with Gasteiger partial charge in [-0.05, 0) is 42.0 Å². The van der Waals surface area contributed by atoms with Crippen LogP contribution in [0.15, 0.2) is 36.4 Å². The molecule has 0 amide bonds. The quantitative estimate of drug-likeness (QED) is 0.805. The molecule has 94 valence electrons. The van der Waals surface area contributed by atoms with Gasteiger partial charge in [-0.1, -0.05) is 0 Å². The highest BCUT2D eigenvalue weighted by Crippen LogP contribution is 2.30. The first kappa shape index (κ1) is 11.4. The minimum absolute atomic E-state index is 0.561. The van der Waals surface area contributed by atoms with E-state index in [1.807, 2.05) is 18.2 Å². The van der Waals surface area contributed by atoms with Gasteiger partial charge in [0, 0.05) is 12.1 Å². The Balaban J connectivity index is 1.87. The molecule has 19 heavy (non-hydrogen) atoms. The van der Waals surface area contributed by atoms with Crippen molar-refractivity contribution in [1.82, 2.24) is 0 Å². The third-order valence-electron chi connectivity index (χ3n) is 3.15. The van der Waals surface area contributed by atoms with E-state index in [-0.39, 0.29) is 0 Å². The number of nitrogens with one attached hydrogen (secondary N) is 1. The van der Waals surface area contributed by atoms with E-state index in [0.29, 0.717) is 11.3 Å². The molecule has 0 atom stereocenters. The second kappa shape index (κ2) is 4.54. The van der Waals surface area contributed by atoms with Gasteiger partial charge in [-0.2, -0.15) is 5.26 Å². The van der Waals surface area contributed by atoms with Crippen LogP contribution in [0.5, 0.6) is 5.75 Å². The maximum absolute atomic E-state index is 8.81. The third kappa shape index (κ3) is 2.18. The van der Waals surface area contributed by atoms with E-state index in [1.165, 1.54) is 5.56 Å². The highest BCUT2D eigenvalue weighted by Gasteiger charge is 2.12. The first-order valence-electron chi connectivity index (χ1n) is 6.08. The number of nitriles is 1. The van der Waals surface area contributed by atoms with Crippen molar-refractivity contribution in [3.05, 3.63) is 47.5 Å². The Kier molecular flexibility index (Phi) is 2.73. The van der Waals surface area contributed by atoms with Gasteiger partial charge >= 0.3 is 0 Å². The summed E-state index contributed by atoms with van der Waals surface area (Å²) < 4.78 is 5.47. The van der Waals surface area contributed by atoms with Crippen LogP contribution in [0.25, 0.3) is 0 Å². The van der Waals surface area contributed by atoms with Crippen molar-refractivity contribution in [1.29, 1.82) is 5.26 Å². The number of rotatable bonds is 2. The molecule has 0 unspecified atom stereocenters. The second-order valence-electron chi connectivity index (χ2n) is 4.46. The number of hydrogen-bond acceptors (Lipinski definition) is 4. The summed E-state index contributed by atoms with van der Waals surface area (Å²) in [5, 5.41) is 12.1. The van der Waals surface area contributed by atoms with Crippen LogP contribution in [0.3, 0.4) is 0 Å². The molecule has 0 saturated heterocycles. The maximum Gasteiger partial charge on any atom is 0.122 e. The van der Waals surface area contributed by atoms with Gasteiger partial charge in [-0.25, -0.2) is 0 Å². The molecule has 2 aromatic carbocycles. The number of nitrogens with zero attached hydrogens (tertiary/aromatic N) is 1. The van der Waals surface area contributed by atoms with Crippen LogP contribution in [-0.4, -0.2) is 6.61 Å². The zero-order chi connectivity index (χ0) is 13.2. The topological polar surface area (TPSA) is 71.1 Å². The molecule has 4 nitrogen and oxygen atoms in total. The Morgan fingerprint density at radius 3 is 2.89 bits per heavy atom. The molecule has 0 saturated carbocycles. The predicted molar refractivity (Wildman–Crippen MR) is 74.5 cm³/mol. The smallest absolute Gasteiger partial charge is 0.122 e. The Morgan fingerprint density at radius 2 is 2.11 bits per heavy atom. The predicted octanol–water partition coefficient (Wildman–Crippen LogP) is 2.82. The van der Waals surface area contributed by atoms with Crippen molar-refractivity contribution in [3.8, 4) is 11.8 Å². The van der Waals surface area contributed by atoms with E-state index in [2.05, 4.69) is 17.5 Å². The lowest BCUT2D eigenvalue weighted by atomic mass is 10.1. The average Bonchev–Trinajstić information content (AvgIpc) is 2.88. The maximum atomic E-state index is 8.81. The Labute approximate surface area is 111 Å². The molecule has 0 bridgehead atoms. The van der Waals surface area contributed by atoms with Crippen LogP contribution in [-0.2, 0) is 6.42 Å². The van der Waals surface area contributed by atoms with Gasteiger partial charge in [0.1, 0.15) is 5.75 Å². The standard InChI is InChI=1S/C15H13N3O/c16-9-10-1-3-14(13(17)7-10)18-12-2-4-15-11(8-12)5-6-19-15/h1-4,7-8,18H,5-6,17H2. The zero-order valence-corrected chi connectivity index (χ0v) is 10.3. The van der Waals surface area contributed by atoms with E-state index in [0.717, 1.165) is 30.2 Å². The van der Waals surface area contributed by atoms with Gasteiger partial charge in [-0.3, -0.25) is 0 Å². The van der Waals surface area contributed by atoms with Crippen molar-refractivity contribution < 1.29 is 4.74 Å². The summed E-state index contributed by atoms with van der Waals surface area (Å²) in [6.45, 7) is 0.748. The fourth-order valence-electron chi connectivity index (χ4n) is 2.17. The van der Waals surface area contributed by atoms with Crippen LogP contribution >= 0.6 is 0 Å². The van der Waals surface area contributed by atoms with Crippen molar-refractivity contribution in [2.45, 2.75) is 6.42 Å². The normalized spacial score (nSPS) is 12.4. The van der Waals surface area contributed by atoms with Crippen LogP contribution in [0.1, 0.15) is 11.1 Å². The summed E-state index contributed by atoms with van der Waals surface area (Å²) in [6.07, 6.45) is 0.938. The lowest BCUT2D eigenvalue weighted by Gasteiger charge is -2.10. The van der Waals surface area contributed by atoms with Gasteiger partial charge in [0.25, 0.3) is 0 Å². The van der Waals surface area contributed by atoms with Crippen LogP contribution in [0.4, 0.5) is 17.1 Å². The number of ether oxygens (including phenoxy) is 1. The van der Waals surface area contributed by atoms with Gasteiger partial charge in [0.2, 0.25) is 0 Å². The summed E-state index contributed by atoms with van der Waals surface area (Å²) >= 11 is 0. The third-order valence-corrected chi connectivity index (χ3v) is 3.15. The molecule has 1 aliphatic rings. The second-order valence-corrected chi connectivity index (χ2v) is 4.46. The van der Waals surface area contributed by atoms with Crippen LogP contribution in [0, 0.1) is 11.3 Å². The molecular formula is C15H13N3O. The fourth-order valence-corrected chi connectivity index (χ4v) is 2.17. The van der Waals surface area contributed by atoms with Gasteiger partial charge < -0.3 is 15.8 Å². The molecular weight excluding hydrogens is 238 g/mol. The summed E-state index contributed by atoms with van der Waals surface area (Å²) in [4.78, 5) is 0. The number of anilines is 3. The number of nitrogens with two attached hydrogens (primary N) is 1. The Hall–Kier alpha value is -2.67. The molecule has 0 fully saturated rings. The van der Waals surface area contributed by atoms with E-state index in [1.54, 1.807) is 12.1 Å². The van der Waals surface area contributed by atoms with E-state index >= 15 is 0 Å². The minimum Gasteiger partial charge on any atom is -0.493 e. The lowest BCUT2D eigenvalue weighted by molar-refractivity contribution is 0.357. The van der Waals surface area contributed by atoms with Crippen LogP contribution in [0.2, 0.25) is 0 Å². The number of nitrogen functional groups attached to an aromatic ring is 1. The molecule has 0 aliphatic carbocycles. The molecule has 4 heteroatoms. The average molecular weight is 251 g/mol. The molecule has 0 aromatic heterocycles. The molecule has 2 aromatic rings. The first-order valence-corrected chi connectivity index (χ1v) is 6.08. The van der Waals surface area contributed by atoms with Crippen molar-refractivity contribution in [2.24, 2.45) is 0 Å². The fraction of sp³-hybridized carbons (Fsp3) is 0.133. The Morgan fingerprint density at radius 1 is 1.21 bits per heavy atom. The molecule has 3 rings (SSSR count). The SMILES string of the molecule is N#Cc1ccc(Nc2ccc3c(c2)CCO3)c(N)c1. The molecule has 3 N–H and O–H groups in total. The van der Waals surface area contributed by atoms with Crippen molar-refractivity contribution in [2.75, 3.05) is 17.7 Å². The highest BCUT2D eigenvalue weighted by atomic mass is 16.5. The summed E-state index contributed by atoms with van der Waals surface area (Å²) in [5.41, 5.74) is 10.0. The summed E-state index contributed by atoms with van der Waals surface area (Å²) in [7, 11) is 0. The van der Waals surface area contributed by atoms with E-state index < -0.39 is 0 Å². The Bertz CT molecular complexity index is 674. The van der Waals surface area contributed by atoms with Crippen molar-refractivity contribution >= 4 is 17.1 Å². The highest BCUT2D eigenvalue weighted by molar-refractivity contribution is 5.74. The summed E-state index contributed by atoms with van der Waals surface area (Å²) in [6, 6.07) is 13.3. The monoisotopic (exact) mass is 251 g/mol. The number of fused-ring (bicyclic) bond motifs is 1. The molecule has 0 radical (unpaired) electrons. The van der Waals surface area contributed by atoms with Crippen LogP contribution < -0.4 is 15.8 Å². The number of benzene rings is 2.